The van der Waals surface area contributed by atoms with Gasteiger partial charge in [-0.2, -0.15) is 5.26 Å². The summed E-state index contributed by atoms with van der Waals surface area (Å²) in [6, 6.07) is 18.5. The summed E-state index contributed by atoms with van der Waals surface area (Å²) in [6.45, 7) is 1.93. The number of nitrogens with zero attached hydrogens (tertiary/aromatic N) is 2. The second-order valence-electron chi connectivity index (χ2n) is 8.04. The topological polar surface area (TPSA) is 93.7 Å². The minimum atomic E-state index is -0.449. The van der Waals surface area contributed by atoms with Gasteiger partial charge in [-0.05, 0) is 60.2 Å². The Labute approximate surface area is 207 Å². The van der Waals surface area contributed by atoms with E-state index in [0.717, 1.165) is 32.5 Å². The molecule has 35 heavy (non-hydrogen) atoms. The largest absolute Gasteiger partial charge is 0.387 e. The summed E-state index contributed by atoms with van der Waals surface area (Å²) in [6.07, 6.45) is 1.15. The van der Waals surface area contributed by atoms with Gasteiger partial charge >= 0.3 is 0 Å². The maximum absolute atomic E-state index is 14.5. The highest BCUT2D eigenvalue weighted by Gasteiger charge is 2.18. The van der Waals surface area contributed by atoms with Crippen molar-refractivity contribution in [2.24, 2.45) is 7.05 Å². The van der Waals surface area contributed by atoms with E-state index in [0.29, 0.717) is 28.1 Å². The average molecular weight is 486 g/mol. The quantitative estimate of drug-likeness (QED) is 0.296. The summed E-state index contributed by atoms with van der Waals surface area (Å²) < 4.78 is 16.3. The summed E-state index contributed by atoms with van der Waals surface area (Å²) in [7, 11) is 3.48. The van der Waals surface area contributed by atoms with Crippen LogP contribution < -0.4 is 10.6 Å². The van der Waals surface area contributed by atoms with Gasteiger partial charge in [0.15, 0.2) is 0 Å². The Hall–Kier alpha value is -4.09. The molecule has 0 saturated carbocycles. The van der Waals surface area contributed by atoms with Crippen LogP contribution in [0.25, 0.3) is 10.8 Å². The molecule has 3 aromatic carbocycles. The van der Waals surface area contributed by atoms with Crippen molar-refractivity contribution in [1.29, 1.82) is 10.7 Å². The lowest BCUT2D eigenvalue weighted by Gasteiger charge is -2.14. The maximum atomic E-state index is 14.5. The molecule has 1 amide bonds. The summed E-state index contributed by atoms with van der Waals surface area (Å²) in [4.78, 5) is 14.9. The van der Waals surface area contributed by atoms with Crippen LogP contribution in [0.5, 0.6) is 0 Å². The molecule has 0 radical (unpaired) electrons. The van der Waals surface area contributed by atoms with Gasteiger partial charge in [0.1, 0.15) is 11.5 Å². The number of anilines is 1. The van der Waals surface area contributed by atoms with Crippen LogP contribution >= 0.6 is 11.8 Å². The van der Waals surface area contributed by atoms with Gasteiger partial charge in [0.2, 0.25) is 0 Å². The number of carbonyl (C=O) groups excluding carboxylic acids is 1. The molecular formula is C27H24FN5OS. The molecule has 0 saturated heterocycles. The van der Waals surface area contributed by atoms with Crippen LogP contribution in [-0.2, 0) is 13.6 Å². The summed E-state index contributed by atoms with van der Waals surface area (Å²) in [5, 5.41) is 24.5. The molecule has 6 nitrogen and oxygen atoms in total. The Balaban J connectivity index is 1.56. The van der Waals surface area contributed by atoms with E-state index >= 15 is 0 Å². The zero-order chi connectivity index (χ0) is 25.1. The van der Waals surface area contributed by atoms with Crippen LogP contribution in [-0.4, -0.2) is 23.7 Å². The number of benzene rings is 3. The number of halogens is 1. The predicted octanol–water partition coefficient (Wildman–Crippen LogP) is 5.62. The van der Waals surface area contributed by atoms with Crippen molar-refractivity contribution in [3.8, 4) is 6.07 Å². The molecule has 8 heteroatoms. The Morgan fingerprint density at radius 1 is 1.17 bits per heavy atom. The molecule has 4 rings (SSSR count). The number of nitriles is 1. The highest BCUT2D eigenvalue weighted by Crippen LogP contribution is 2.34. The molecule has 0 aliphatic heterocycles. The van der Waals surface area contributed by atoms with Crippen molar-refractivity contribution in [2.75, 3.05) is 12.4 Å². The predicted molar refractivity (Wildman–Crippen MR) is 138 cm³/mol. The van der Waals surface area contributed by atoms with Gasteiger partial charge in [-0.15, -0.1) is 0 Å². The maximum Gasteiger partial charge on any atom is 0.268 e. The molecule has 0 aliphatic rings. The van der Waals surface area contributed by atoms with Crippen LogP contribution in [0.4, 0.5) is 10.1 Å². The van der Waals surface area contributed by atoms with Crippen molar-refractivity contribution < 1.29 is 9.18 Å². The minimum absolute atomic E-state index is 0.0128. The Bertz CT molecular complexity index is 1500. The smallest absolute Gasteiger partial charge is 0.268 e. The number of rotatable bonds is 7. The lowest BCUT2D eigenvalue weighted by molar-refractivity contribution is 0.0942. The molecule has 0 fully saturated rings. The number of fused-ring (bicyclic) bond motifs is 1. The normalized spacial score (nSPS) is 10.7. The molecule has 4 aromatic rings. The molecule has 0 atom stereocenters. The molecule has 3 N–H and O–H groups in total. The fourth-order valence-electron chi connectivity index (χ4n) is 3.97. The number of carbonyl (C=O) groups is 1. The average Bonchev–Trinajstić information content (AvgIpc) is 3.15. The molecular weight excluding hydrogens is 461 g/mol. The lowest BCUT2D eigenvalue weighted by Crippen LogP contribution is -2.26. The molecule has 176 valence electrons. The van der Waals surface area contributed by atoms with Gasteiger partial charge in [-0.25, -0.2) is 4.39 Å². The number of hydrogen-bond acceptors (Lipinski definition) is 5. The van der Waals surface area contributed by atoms with Gasteiger partial charge in [0.05, 0.1) is 17.3 Å². The van der Waals surface area contributed by atoms with Gasteiger partial charge in [-0.1, -0.05) is 23.9 Å². The van der Waals surface area contributed by atoms with Gasteiger partial charge in [-0.3, -0.25) is 4.79 Å². The first-order chi connectivity index (χ1) is 16.9. The van der Waals surface area contributed by atoms with Gasteiger partial charge in [0.25, 0.3) is 5.91 Å². The molecule has 1 aromatic heterocycles. The number of nitrogens with one attached hydrogen (secondary N) is 3. The van der Waals surface area contributed by atoms with E-state index in [-0.39, 0.29) is 12.5 Å². The van der Waals surface area contributed by atoms with Crippen LogP contribution in [0.15, 0.2) is 64.4 Å². The standard InChI is InChI=1S/C27H24FN5OS/c1-16-25(35-21-8-6-18-5-4-17(13-29)10-20(18)11-21)12-24(33(16)3)27(34)32-15-22-23(28)9-7-19(14-30)26(22)31-2/h4-12,14,30-31H,15H2,1-3H3,(H,32,34). The van der Waals surface area contributed by atoms with Crippen LogP contribution in [0.3, 0.4) is 0 Å². The van der Waals surface area contributed by atoms with Crippen molar-refractivity contribution >= 4 is 40.3 Å². The van der Waals surface area contributed by atoms with Crippen molar-refractivity contribution in [3.05, 3.63) is 88.5 Å². The van der Waals surface area contributed by atoms with E-state index in [1.165, 1.54) is 12.1 Å². The van der Waals surface area contributed by atoms with Crippen LogP contribution in [0.1, 0.15) is 32.9 Å². The van der Waals surface area contributed by atoms with Crippen LogP contribution in [0.2, 0.25) is 0 Å². The zero-order valence-electron chi connectivity index (χ0n) is 19.6. The Morgan fingerprint density at radius 2 is 1.94 bits per heavy atom. The van der Waals surface area contributed by atoms with E-state index in [4.69, 9.17) is 5.41 Å². The second kappa shape index (κ2) is 10.0. The molecule has 0 unspecified atom stereocenters. The molecule has 1 heterocycles. The Kier molecular flexibility index (Phi) is 6.90. The first-order valence-electron chi connectivity index (χ1n) is 10.9. The molecule has 0 bridgehead atoms. The minimum Gasteiger partial charge on any atom is -0.387 e. The first-order valence-corrected chi connectivity index (χ1v) is 11.7. The SMILES string of the molecule is CNc1c(C=N)ccc(F)c1CNC(=O)c1cc(Sc2ccc3ccc(C#N)cc3c2)c(C)n1C. The molecule has 0 aliphatic carbocycles. The highest BCUT2D eigenvalue weighted by molar-refractivity contribution is 7.99. The van der Waals surface area contributed by atoms with E-state index in [1.807, 2.05) is 54.9 Å². The lowest BCUT2D eigenvalue weighted by atomic mass is 10.1. The first kappa shape index (κ1) is 24.0. The third kappa shape index (κ3) is 4.77. The van der Waals surface area contributed by atoms with Crippen molar-refractivity contribution in [1.82, 2.24) is 9.88 Å². The fourth-order valence-corrected chi connectivity index (χ4v) is 5.00. The second-order valence-corrected chi connectivity index (χ2v) is 9.16. The number of amides is 1. The molecule has 0 spiro atoms. The van der Waals surface area contributed by atoms with Crippen LogP contribution in [0, 0.1) is 29.5 Å². The van der Waals surface area contributed by atoms with E-state index in [1.54, 1.807) is 24.9 Å². The van der Waals surface area contributed by atoms with E-state index < -0.39 is 5.82 Å². The highest BCUT2D eigenvalue weighted by atomic mass is 32.2. The van der Waals surface area contributed by atoms with E-state index in [2.05, 4.69) is 16.7 Å². The zero-order valence-corrected chi connectivity index (χ0v) is 20.4. The van der Waals surface area contributed by atoms with Gasteiger partial charge < -0.3 is 20.6 Å². The monoisotopic (exact) mass is 485 g/mol. The fraction of sp³-hybridized carbons (Fsp3) is 0.148. The number of aromatic nitrogens is 1. The summed E-state index contributed by atoms with van der Waals surface area (Å²) >= 11 is 1.54. The summed E-state index contributed by atoms with van der Waals surface area (Å²) in [5.41, 5.74) is 3.33. The van der Waals surface area contributed by atoms with Gasteiger partial charge in [0, 0.05) is 53.5 Å². The third-order valence-electron chi connectivity index (χ3n) is 6.01. The van der Waals surface area contributed by atoms with E-state index in [9.17, 15) is 14.4 Å². The summed E-state index contributed by atoms with van der Waals surface area (Å²) in [5.74, 6) is -0.767. The third-order valence-corrected chi connectivity index (χ3v) is 7.13. The Morgan fingerprint density at radius 3 is 2.66 bits per heavy atom. The number of hydrogen-bond donors (Lipinski definition) is 3. The van der Waals surface area contributed by atoms with Crippen molar-refractivity contribution in [2.45, 2.75) is 23.3 Å². The van der Waals surface area contributed by atoms with Crippen molar-refractivity contribution in [3.63, 3.8) is 0 Å².